The van der Waals surface area contributed by atoms with Gasteiger partial charge in [-0.15, -0.1) is 6.58 Å². The molecule has 6 nitrogen and oxygen atoms in total. The van der Waals surface area contributed by atoms with Crippen LogP contribution in [-0.4, -0.2) is 28.1 Å². The van der Waals surface area contributed by atoms with Gasteiger partial charge in [-0.25, -0.2) is 9.59 Å². The first kappa shape index (κ1) is 13.7. The molecule has 1 heterocycles. The normalized spacial score (nSPS) is 11.4. The second-order valence-electron chi connectivity index (χ2n) is 3.65. The lowest BCUT2D eigenvalue weighted by molar-refractivity contribution is -0.139. The van der Waals surface area contributed by atoms with Crippen LogP contribution >= 0.6 is 0 Å². The Balaban J connectivity index is 2.63. The lowest BCUT2D eigenvalue weighted by atomic mass is 10.2. The Bertz CT molecular complexity index is 460. The summed E-state index contributed by atoms with van der Waals surface area (Å²) in [5.41, 5.74) is 1.20. The van der Waals surface area contributed by atoms with Crippen LogP contribution in [0, 0.1) is 6.92 Å². The monoisotopic (exact) mass is 249 g/mol. The molecule has 1 rings (SSSR count). The van der Waals surface area contributed by atoms with Crippen LogP contribution in [0.1, 0.15) is 12.1 Å². The van der Waals surface area contributed by atoms with Crippen molar-refractivity contribution in [2.45, 2.75) is 19.4 Å². The highest BCUT2D eigenvalue weighted by molar-refractivity contribution is 5.92. The van der Waals surface area contributed by atoms with Crippen LogP contribution < -0.4 is 10.6 Å². The van der Waals surface area contributed by atoms with Crippen molar-refractivity contribution in [3.63, 3.8) is 0 Å². The molecular weight excluding hydrogens is 234 g/mol. The van der Waals surface area contributed by atoms with E-state index in [1.165, 1.54) is 6.08 Å². The third kappa shape index (κ3) is 3.89. The number of nitrogens with one attached hydrogen (secondary N) is 2. The molecule has 0 spiro atoms. The molecule has 1 unspecified atom stereocenters. The number of carbonyl (C=O) groups excluding carboxylic acids is 1. The van der Waals surface area contributed by atoms with E-state index >= 15 is 0 Å². The van der Waals surface area contributed by atoms with Crippen LogP contribution in [0.4, 0.5) is 10.5 Å². The highest BCUT2D eigenvalue weighted by atomic mass is 16.4. The fourth-order valence-corrected chi connectivity index (χ4v) is 1.32. The molecule has 6 heteroatoms. The molecule has 0 fully saturated rings. The summed E-state index contributed by atoms with van der Waals surface area (Å²) < 4.78 is 0. The minimum Gasteiger partial charge on any atom is -0.480 e. The molecule has 0 aliphatic rings. The number of urea groups is 1. The Kier molecular flexibility index (Phi) is 4.86. The number of amides is 2. The second kappa shape index (κ2) is 6.39. The Labute approximate surface area is 105 Å². The van der Waals surface area contributed by atoms with E-state index in [1.807, 2.05) is 0 Å². The van der Waals surface area contributed by atoms with E-state index in [2.05, 4.69) is 22.2 Å². The molecule has 0 aromatic carbocycles. The third-order valence-corrected chi connectivity index (χ3v) is 2.26. The van der Waals surface area contributed by atoms with Crippen LogP contribution in [0.2, 0.25) is 0 Å². The number of rotatable bonds is 5. The fraction of sp³-hybridized carbons (Fsp3) is 0.250. The van der Waals surface area contributed by atoms with Crippen molar-refractivity contribution in [2.75, 3.05) is 5.32 Å². The number of aryl methyl sites for hydroxylation is 1. The molecule has 1 atom stereocenters. The Morgan fingerprint density at radius 3 is 2.89 bits per heavy atom. The number of hydrogen-bond acceptors (Lipinski definition) is 3. The highest BCUT2D eigenvalue weighted by Crippen LogP contribution is 2.09. The topological polar surface area (TPSA) is 91.3 Å². The van der Waals surface area contributed by atoms with Crippen molar-refractivity contribution in [3.05, 3.63) is 36.7 Å². The lowest BCUT2D eigenvalue weighted by Gasteiger charge is -2.14. The molecule has 96 valence electrons. The summed E-state index contributed by atoms with van der Waals surface area (Å²) in [4.78, 5) is 26.5. The Morgan fingerprint density at radius 1 is 1.61 bits per heavy atom. The summed E-state index contributed by atoms with van der Waals surface area (Å²) in [5, 5.41) is 13.8. The fourth-order valence-electron chi connectivity index (χ4n) is 1.32. The van der Waals surface area contributed by atoms with E-state index < -0.39 is 18.0 Å². The van der Waals surface area contributed by atoms with Gasteiger partial charge >= 0.3 is 12.0 Å². The maximum absolute atomic E-state index is 11.6. The SMILES string of the molecule is C=CCC(NC(=O)Nc1cccnc1C)C(=O)O. The first-order valence-corrected chi connectivity index (χ1v) is 5.37. The van der Waals surface area contributed by atoms with Gasteiger partial charge in [0, 0.05) is 6.20 Å². The standard InChI is InChI=1S/C12H15N3O3/c1-3-5-10(11(16)17)15-12(18)14-9-6-4-7-13-8(9)2/h3-4,6-7,10H,1,5H2,2H3,(H,16,17)(H2,14,15,18). The van der Waals surface area contributed by atoms with Crippen LogP contribution in [0.15, 0.2) is 31.0 Å². The minimum atomic E-state index is -1.10. The highest BCUT2D eigenvalue weighted by Gasteiger charge is 2.18. The Hall–Kier alpha value is -2.37. The van der Waals surface area contributed by atoms with Crippen molar-refractivity contribution in [1.82, 2.24) is 10.3 Å². The van der Waals surface area contributed by atoms with Gasteiger partial charge in [0.15, 0.2) is 0 Å². The predicted octanol–water partition coefficient (Wildman–Crippen LogP) is 1.54. The van der Waals surface area contributed by atoms with Crippen molar-refractivity contribution in [3.8, 4) is 0 Å². The van der Waals surface area contributed by atoms with Crippen LogP contribution in [0.3, 0.4) is 0 Å². The van der Waals surface area contributed by atoms with E-state index in [9.17, 15) is 9.59 Å². The number of carboxylic acid groups (broad SMARTS) is 1. The zero-order valence-corrected chi connectivity index (χ0v) is 10.0. The third-order valence-electron chi connectivity index (χ3n) is 2.26. The molecule has 0 aliphatic heterocycles. The zero-order chi connectivity index (χ0) is 13.5. The van der Waals surface area contributed by atoms with Gasteiger partial charge in [-0.1, -0.05) is 6.08 Å². The molecule has 0 aliphatic carbocycles. The molecule has 18 heavy (non-hydrogen) atoms. The molecule has 0 saturated carbocycles. The number of aromatic nitrogens is 1. The van der Waals surface area contributed by atoms with Gasteiger partial charge in [0.2, 0.25) is 0 Å². The van der Waals surface area contributed by atoms with E-state index in [0.29, 0.717) is 11.4 Å². The molecular formula is C12H15N3O3. The molecule has 2 amide bonds. The molecule has 0 saturated heterocycles. The second-order valence-corrected chi connectivity index (χ2v) is 3.65. The van der Waals surface area contributed by atoms with E-state index in [0.717, 1.165) is 0 Å². The van der Waals surface area contributed by atoms with E-state index in [4.69, 9.17) is 5.11 Å². The van der Waals surface area contributed by atoms with E-state index in [1.54, 1.807) is 25.3 Å². The molecule has 1 aromatic rings. The number of pyridine rings is 1. The van der Waals surface area contributed by atoms with Crippen molar-refractivity contribution < 1.29 is 14.7 Å². The summed E-state index contributed by atoms with van der Waals surface area (Å²) >= 11 is 0. The van der Waals surface area contributed by atoms with Crippen LogP contribution in [0.5, 0.6) is 0 Å². The summed E-state index contributed by atoms with van der Waals surface area (Å²) in [5.74, 6) is -1.10. The van der Waals surface area contributed by atoms with Gasteiger partial charge in [0.25, 0.3) is 0 Å². The van der Waals surface area contributed by atoms with Gasteiger partial charge in [-0.2, -0.15) is 0 Å². The molecule has 0 radical (unpaired) electrons. The molecule has 3 N–H and O–H groups in total. The number of aliphatic carboxylic acids is 1. The maximum atomic E-state index is 11.6. The number of carboxylic acids is 1. The van der Waals surface area contributed by atoms with Gasteiger partial charge in [-0.3, -0.25) is 4.98 Å². The van der Waals surface area contributed by atoms with Crippen LogP contribution in [0.25, 0.3) is 0 Å². The van der Waals surface area contributed by atoms with Crippen LogP contribution in [-0.2, 0) is 4.79 Å². The molecule has 0 bridgehead atoms. The predicted molar refractivity (Wildman–Crippen MR) is 67.4 cm³/mol. The summed E-state index contributed by atoms with van der Waals surface area (Å²) in [6, 6.07) is 1.80. The van der Waals surface area contributed by atoms with Gasteiger partial charge in [0.1, 0.15) is 6.04 Å². The number of hydrogen-bond donors (Lipinski definition) is 3. The quantitative estimate of drug-likeness (QED) is 0.690. The van der Waals surface area contributed by atoms with Gasteiger partial charge < -0.3 is 15.7 Å². The zero-order valence-electron chi connectivity index (χ0n) is 10.0. The first-order valence-electron chi connectivity index (χ1n) is 5.37. The summed E-state index contributed by atoms with van der Waals surface area (Å²) in [7, 11) is 0. The average molecular weight is 249 g/mol. The average Bonchev–Trinajstić information content (AvgIpc) is 2.31. The van der Waals surface area contributed by atoms with Gasteiger partial charge in [0.05, 0.1) is 11.4 Å². The summed E-state index contributed by atoms with van der Waals surface area (Å²) in [6.45, 7) is 5.19. The first-order chi connectivity index (χ1) is 8.54. The van der Waals surface area contributed by atoms with Crippen molar-refractivity contribution in [2.24, 2.45) is 0 Å². The summed E-state index contributed by atoms with van der Waals surface area (Å²) in [6.07, 6.45) is 3.21. The lowest BCUT2D eigenvalue weighted by Crippen LogP contribution is -2.42. The number of carbonyl (C=O) groups is 2. The smallest absolute Gasteiger partial charge is 0.326 e. The molecule has 1 aromatic heterocycles. The van der Waals surface area contributed by atoms with Gasteiger partial charge in [-0.05, 0) is 25.5 Å². The largest absolute Gasteiger partial charge is 0.480 e. The maximum Gasteiger partial charge on any atom is 0.326 e. The Morgan fingerprint density at radius 2 is 2.33 bits per heavy atom. The minimum absolute atomic E-state index is 0.161. The van der Waals surface area contributed by atoms with Crippen molar-refractivity contribution >= 4 is 17.7 Å². The number of anilines is 1. The van der Waals surface area contributed by atoms with E-state index in [-0.39, 0.29) is 6.42 Å². The van der Waals surface area contributed by atoms with Crippen molar-refractivity contribution in [1.29, 1.82) is 0 Å². The number of nitrogens with zero attached hydrogens (tertiary/aromatic N) is 1.